The van der Waals surface area contributed by atoms with Crippen molar-refractivity contribution >= 4 is 33.2 Å². The van der Waals surface area contributed by atoms with Gasteiger partial charge in [-0.15, -0.1) is 0 Å². The summed E-state index contributed by atoms with van der Waals surface area (Å²) in [6.45, 7) is 6.23. The zero-order valence-corrected chi connectivity index (χ0v) is 16.3. The Morgan fingerprint density at radius 3 is 3.07 bits per heavy atom. The first-order chi connectivity index (χ1) is 13.1. The van der Waals surface area contributed by atoms with Gasteiger partial charge in [-0.05, 0) is 50.4 Å². The van der Waals surface area contributed by atoms with Crippen LogP contribution in [0.2, 0.25) is 0 Å². The monoisotopic (exact) mass is 384 g/mol. The first-order valence-electron chi connectivity index (χ1n) is 9.54. The van der Waals surface area contributed by atoms with E-state index in [4.69, 9.17) is 0 Å². The van der Waals surface area contributed by atoms with Crippen molar-refractivity contribution in [2.24, 2.45) is 5.92 Å². The van der Waals surface area contributed by atoms with Gasteiger partial charge in [-0.1, -0.05) is 30.4 Å². The second kappa shape index (κ2) is 7.78. The SMILES string of the molecule is CC1CCCN(CCCNC(=O)c2cc(=O)n3c(nc4ccccc43)s2)C1. The van der Waals surface area contributed by atoms with Crippen LogP contribution in [0.4, 0.5) is 0 Å². The number of fused-ring (bicyclic) bond motifs is 3. The van der Waals surface area contributed by atoms with Crippen LogP contribution in [0.15, 0.2) is 35.1 Å². The molecule has 0 spiro atoms. The topological polar surface area (TPSA) is 66.7 Å². The summed E-state index contributed by atoms with van der Waals surface area (Å²) in [5, 5.41) is 2.94. The van der Waals surface area contributed by atoms with Gasteiger partial charge in [-0.3, -0.25) is 14.0 Å². The highest BCUT2D eigenvalue weighted by atomic mass is 32.1. The summed E-state index contributed by atoms with van der Waals surface area (Å²) in [6, 6.07) is 8.92. The average Bonchev–Trinajstić information content (AvgIpc) is 3.04. The van der Waals surface area contributed by atoms with Crippen LogP contribution in [0, 0.1) is 5.92 Å². The van der Waals surface area contributed by atoms with Crippen molar-refractivity contribution in [1.29, 1.82) is 0 Å². The fraction of sp³-hybridized carbons (Fsp3) is 0.450. The maximum absolute atomic E-state index is 12.5. The number of amides is 1. The Balaban J connectivity index is 1.40. The predicted molar refractivity (Wildman–Crippen MR) is 109 cm³/mol. The standard InChI is InChI=1S/C20H24N4O2S/c1-14-6-4-10-23(13-14)11-5-9-21-19(26)17-12-18(25)24-16-8-3-2-7-15(16)22-20(24)27-17/h2-3,7-8,12,14H,4-6,9-11,13H2,1H3,(H,21,26). The molecule has 6 nitrogen and oxygen atoms in total. The maximum Gasteiger partial charge on any atom is 0.261 e. The van der Waals surface area contributed by atoms with Gasteiger partial charge in [0.15, 0.2) is 4.96 Å². The number of hydrogen-bond acceptors (Lipinski definition) is 5. The van der Waals surface area contributed by atoms with E-state index in [-0.39, 0.29) is 11.5 Å². The lowest BCUT2D eigenvalue weighted by molar-refractivity contribution is 0.0954. The van der Waals surface area contributed by atoms with E-state index in [1.54, 1.807) is 4.40 Å². The highest BCUT2D eigenvalue weighted by molar-refractivity contribution is 7.18. The molecule has 1 atom stereocenters. The van der Waals surface area contributed by atoms with E-state index in [1.807, 2.05) is 24.3 Å². The number of nitrogens with zero attached hydrogens (tertiary/aromatic N) is 3. The van der Waals surface area contributed by atoms with Crippen molar-refractivity contribution in [3.63, 3.8) is 0 Å². The molecule has 1 aliphatic rings. The number of rotatable bonds is 5. The van der Waals surface area contributed by atoms with E-state index in [2.05, 4.69) is 22.1 Å². The molecule has 0 aliphatic carbocycles. The molecule has 1 N–H and O–H groups in total. The molecular formula is C20H24N4O2S. The van der Waals surface area contributed by atoms with Crippen molar-refractivity contribution in [1.82, 2.24) is 19.6 Å². The average molecular weight is 385 g/mol. The zero-order chi connectivity index (χ0) is 18.8. The van der Waals surface area contributed by atoms with E-state index in [9.17, 15) is 9.59 Å². The molecule has 2 aromatic heterocycles. The Morgan fingerprint density at radius 2 is 2.22 bits per heavy atom. The lowest BCUT2D eigenvalue weighted by Crippen LogP contribution is -2.36. The third-order valence-corrected chi connectivity index (χ3v) is 6.09. The Bertz CT molecular complexity index is 1030. The van der Waals surface area contributed by atoms with Gasteiger partial charge in [0.25, 0.3) is 11.5 Å². The second-order valence-corrected chi connectivity index (χ2v) is 8.33. The Hall–Kier alpha value is -2.25. The summed E-state index contributed by atoms with van der Waals surface area (Å²) in [5.41, 5.74) is 1.32. The number of imidazole rings is 1. The van der Waals surface area contributed by atoms with Crippen LogP contribution in [0.25, 0.3) is 16.0 Å². The molecule has 3 heterocycles. The maximum atomic E-state index is 12.5. The third-order valence-electron chi connectivity index (χ3n) is 5.11. The highest BCUT2D eigenvalue weighted by Gasteiger charge is 2.16. The van der Waals surface area contributed by atoms with Crippen LogP contribution in [-0.4, -0.2) is 46.4 Å². The molecule has 7 heteroatoms. The van der Waals surface area contributed by atoms with Gasteiger partial charge in [0.05, 0.1) is 11.0 Å². The lowest BCUT2D eigenvalue weighted by Gasteiger charge is -2.30. The summed E-state index contributed by atoms with van der Waals surface area (Å²) in [4.78, 5) is 32.9. The van der Waals surface area contributed by atoms with Crippen LogP contribution >= 0.6 is 11.3 Å². The van der Waals surface area contributed by atoms with E-state index in [1.165, 1.54) is 30.2 Å². The number of hydrogen-bond donors (Lipinski definition) is 1. The summed E-state index contributed by atoms with van der Waals surface area (Å²) >= 11 is 1.25. The minimum Gasteiger partial charge on any atom is -0.351 e. The van der Waals surface area contributed by atoms with Gasteiger partial charge in [-0.2, -0.15) is 0 Å². The normalized spacial score (nSPS) is 18.2. The van der Waals surface area contributed by atoms with Crippen LogP contribution in [-0.2, 0) is 0 Å². The Morgan fingerprint density at radius 1 is 1.37 bits per heavy atom. The number of piperidine rings is 1. The van der Waals surface area contributed by atoms with Crippen LogP contribution in [0.3, 0.4) is 0 Å². The largest absolute Gasteiger partial charge is 0.351 e. The molecule has 1 aromatic carbocycles. The molecule has 1 fully saturated rings. The minimum atomic E-state index is -0.218. The molecular weight excluding hydrogens is 360 g/mol. The predicted octanol–water partition coefficient (Wildman–Crippen LogP) is 2.76. The fourth-order valence-electron chi connectivity index (χ4n) is 3.78. The Labute approximate surface area is 161 Å². The highest BCUT2D eigenvalue weighted by Crippen LogP contribution is 2.19. The molecule has 4 rings (SSSR count). The van der Waals surface area contributed by atoms with Gasteiger partial charge in [0, 0.05) is 19.2 Å². The molecule has 1 amide bonds. The zero-order valence-electron chi connectivity index (χ0n) is 15.5. The lowest BCUT2D eigenvalue weighted by atomic mass is 10.0. The molecule has 142 valence electrons. The summed E-state index contributed by atoms with van der Waals surface area (Å²) in [5.74, 6) is 0.570. The van der Waals surface area contributed by atoms with E-state index >= 15 is 0 Å². The van der Waals surface area contributed by atoms with Gasteiger partial charge < -0.3 is 10.2 Å². The molecule has 27 heavy (non-hydrogen) atoms. The number of likely N-dealkylation sites (tertiary alicyclic amines) is 1. The van der Waals surface area contributed by atoms with Gasteiger partial charge >= 0.3 is 0 Å². The molecule has 1 saturated heterocycles. The third kappa shape index (κ3) is 3.89. The summed E-state index contributed by atoms with van der Waals surface area (Å²) in [6.07, 6.45) is 3.50. The van der Waals surface area contributed by atoms with Crippen molar-refractivity contribution < 1.29 is 4.79 Å². The number of carbonyl (C=O) groups is 1. The minimum absolute atomic E-state index is 0.196. The summed E-state index contributed by atoms with van der Waals surface area (Å²) < 4.78 is 1.56. The molecule has 0 radical (unpaired) electrons. The molecule has 3 aromatic rings. The van der Waals surface area contributed by atoms with Crippen LogP contribution < -0.4 is 10.9 Å². The molecule has 0 bridgehead atoms. The van der Waals surface area contributed by atoms with Gasteiger partial charge in [-0.25, -0.2) is 4.98 Å². The number of carbonyl (C=O) groups excluding carboxylic acids is 1. The summed E-state index contributed by atoms with van der Waals surface area (Å²) in [7, 11) is 0. The van der Waals surface area contributed by atoms with Crippen molar-refractivity contribution in [2.75, 3.05) is 26.2 Å². The quantitative estimate of drug-likeness (QED) is 0.687. The molecule has 0 saturated carbocycles. The smallest absolute Gasteiger partial charge is 0.261 e. The van der Waals surface area contributed by atoms with E-state index < -0.39 is 0 Å². The van der Waals surface area contributed by atoms with Crippen LogP contribution in [0.1, 0.15) is 35.9 Å². The first kappa shape index (κ1) is 18.1. The fourth-order valence-corrected chi connectivity index (χ4v) is 4.73. The van der Waals surface area contributed by atoms with Gasteiger partial charge in [0.1, 0.15) is 4.88 Å². The second-order valence-electron chi connectivity index (χ2n) is 7.32. The molecule has 1 unspecified atom stereocenters. The van der Waals surface area contributed by atoms with E-state index in [0.29, 0.717) is 16.4 Å². The van der Waals surface area contributed by atoms with Crippen LogP contribution in [0.5, 0.6) is 0 Å². The number of benzene rings is 1. The van der Waals surface area contributed by atoms with Gasteiger partial charge in [0.2, 0.25) is 0 Å². The number of nitrogens with one attached hydrogen (secondary N) is 1. The van der Waals surface area contributed by atoms with Crippen molar-refractivity contribution in [3.8, 4) is 0 Å². The molecule has 1 aliphatic heterocycles. The Kier molecular flexibility index (Phi) is 5.22. The number of para-hydroxylation sites is 2. The first-order valence-corrected chi connectivity index (χ1v) is 10.4. The van der Waals surface area contributed by atoms with Crippen molar-refractivity contribution in [3.05, 3.63) is 45.6 Å². The van der Waals surface area contributed by atoms with E-state index in [0.717, 1.165) is 43.0 Å². The number of aromatic nitrogens is 2. The van der Waals surface area contributed by atoms with Crippen molar-refractivity contribution in [2.45, 2.75) is 26.2 Å².